The molecule has 0 aromatic heterocycles. The molecule has 2 aromatic rings. The van der Waals surface area contributed by atoms with Gasteiger partial charge in [-0.25, -0.2) is 0 Å². The Kier molecular flexibility index (Phi) is 9.19. The number of nitrogens with zero attached hydrogens (tertiary/aromatic N) is 1. The van der Waals surface area contributed by atoms with Crippen molar-refractivity contribution in [2.24, 2.45) is 0 Å². The average Bonchev–Trinajstić information content (AvgIpc) is 2.64. The van der Waals surface area contributed by atoms with Crippen molar-refractivity contribution in [2.45, 2.75) is 65.4 Å². The molecular formula is C25H33BrN2O2S. The van der Waals surface area contributed by atoms with Crippen molar-refractivity contribution in [2.75, 3.05) is 5.75 Å². The average molecular weight is 506 g/mol. The summed E-state index contributed by atoms with van der Waals surface area (Å²) in [6.07, 6.45) is 0. The van der Waals surface area contributed by atoms with Crippen molar-refractivity contribution in [3.05, 3.63) is 69.2 Å². The van der Waals surface area contributed by atoms with Crippen molar-refractivity contribution in [3.63, 3.8) is 0 Å². The fraction of sp³-hybridized carbons (Fsp3) is 0.440. The van der Waals surface area contributed by atoms with Crippen molar-refractivity contribution in [1.29, 1.82) is 0 Å². The normalized spacial score (nSPS) is 12.4. The van der Waals surface area contributed by atoms with Gasteiger partial charge in [0.05, 0.1) is 5.75 Å². The molecule has 1 atom stereocenters. The zero-order valence-corrected chi connectivity index (χ0v) is 21.7. The van der Waals surface area contributed by atoms with E-state index in [0.717, 1.165) is 15.8 Å². The molecule has 0 radical (unpaired) electrons. The fourth-order valence-corrected chi connectivity index (χ4v) is 4.44. The van der Waals surface area contributed by atoms with Gasteiger partial charge in [-0.1, -0.05) is 57.4 Å². The SMILES string of the molecule is Cc1cc(C)cc(CSCC(=O)N(Cc2ccc(Br)cc2)C(C)C(=O)NC(C)(C)C)c1. The Bertz CT molecular complexity index is 886. The van der Waals surface area contributed by atoms with Crippen LogP contribution in [-0.2, 0) is 21.9 Å². The van der Waals surface area contributed by atoms with E-state index in [-0.39, 0.29) is 17.4 Å². The highest BCUT2D eigenvalue weighted by Gasteiger charge is 2.28. The molecule has 2 amide bonds. The Balaban J connectivity index is 2.10. The summed E-state index contributed by atoms with van der Waals surface area (Å²) in [5, 5.41) is 3.00. The first-order valence-corrected chi connectivity index (χ1v) is 12.4. The van der Waals surface area contributed by atoms with Gasteiger partial charge < -0.3 is 10.2 Å². The number of carbonyl (C=O) groups is 2. The Morgan fingerprint density at radius 2 is 1.61 bits per heavy atom. The van der Waals surface area contributed by atoms with Crippen molar-refractivity contribution >= 4 is 39.5 Å². The van der Waals surface area contributed by atoms with Crippen LogP contribution in [0.25, 0.3) is 0 Å². The van der Waals surface area contributed by atoms with E-state index in [1.807, 2.05) is 45.0 Å². The van der Waals surface area contributed by atoms with Crippen LogP contribution in [0.5, 0.6) is 0 Å². The lowest BCUT2D eigenvalue weighted by atomic mass is 10.1. The lowest BCUT2D eigenvalue weighted by Gasteiger charge is -2.31. The first-order valence-electron chi connectivity index (χ1n) is 10.5. The van der Waals surface area contributed by atoms with E-state index in [2.05, 4.69) is 53.3 Å². The summed E-state index contributed by atoms with van der Waals surface area (Å²) in [6.45, 7) is 12.2. The Morgan fingerprint density at radius 3 is 2.16 bits per heavy atom. The first-order chi connectivity index (χ1) is 14.4. The zero-order chi connectivity index (χ0) is 23.2. The smallest absolute Gasteiger partial charge is 0.242 e. The molecule has 168 valence electrons. The molecule has 0 saturated carbocycles. The van der Waals surface area contributed by atoms with Gasteiger partial charge in [0.25, 0.3) is 0 Å². The van der Waals surface area contributed by atoms with Crippen LogP contribution in [0, 0.1) is 13.8 Å². The van der Waals surface area contributed by atoms with Gasteiger partial charge >= 0.3 is 0 Å². The van der Waals surface area contributed by atoms with E-state index in [1.165, 1.54) is 16.7 Å². The largest absolute Gasteiger partial charge is 0.350 e. The quantitative estimate of drug-likeness (QED) is 0.506. The molecule has 0 aliphatic carbocycles. The minimum atomic E-state index is -0.558. The number of nitrogens with one attached hydrogen (secondary N) is 1. The third-order valence-electron chi connectivity index (χ3n) is 4.71. The van der Waals surface area contributed by atoms with Crippen LogP contribution in [0.15, 0.2) is 46.9 Å². The summed E-state index contributed by atoms with van der Waals surface area (Å²) in [5.41, 5.74) is 4.31. The molecule has 1 N–H and O–H groups in total. The third-order valence-corrected chi connectivity index (χ3v) is 6.22. The standard InChI is InChI=1S/C25H33BrN2O2S/c1-17-11-18(2)13-21(12-17)15-31-16-23(29)28(14-20-7-9-22(26)10-8-20)19(3)24(30)27-25(4,5)6/h7-13,19H,14-16H2,1-6H3,(H,27,30). The summed E-state index contributed by atoms with van der Waals surface area (Å²) >= 11 is 5.03. The number of thioether (sulfide) groups is 1. The Hall–Kier alpha value is -1.79. The predicted octanol–water partition coefficient (Wildman–Crippen LogP) is 5.63. The maximum Gasteiger partial charge on any atom is 0.242 e. The maximum atomic E-state index is 13.2. The Morgan fingerprint density at radius 1 is 1.03 bits per heavy atom. The molecule has 0 aliphatic heterocycles. The van der Waals surface area contributed by atoms with Gasteiger partial charge in [0.15, 0.2) is 0 Å². The molecule has 0 saturated heterocycles. The number of carbonyl (C=O) groups excluding carboxylic acids is 2. The summed E-state index contributed by atoms with van der Waals surface area (Å²) < 4.78 is 0.983. The van der Waals surface area contributed by atoms with Gasteiger partial charge in [-0.2, -0.15) is 0 Å². The van der Waals surface area contributed by atoms with Crippen LogP contribution < -0.4 is 5.32 Å². The molecule has 0 aliphatic rings. The highest BCUT2D eigenvalue weighted by molar-refractivity contribution is 9.10. The highest BCUT2D eigenvalue weighted by atomic mass is 79.9. The lowest BCUT2D eigenvalue weighted by molar-refractivity contribution is -0.139. The topological polar surface area (TPSA) is 49.4 Å². The fourth-order valence-electron chi connectivity index (χ4n) is 3.33. The molecule has 2 rings (SSSR count). The number of hydrogen-bond donors (Lipinski definition) is 1. The molecule has 4 nitrogen and oxygen atoms in total. The van der Waals surface area contributed by atoms with Crippen molar-refractivity contribution in [3.8, 4) is 0 Å². The number of halogens is 1. The Labute approximate surface area is 199 Å². The van der Waals surface area contributed by atoms with Gasteiger partial charge in [-0.3, -0.25) is 9.59 Å². The molecule has 6 heteroatoms. The van der Waals surface area contributed by atoms with Crippen LogP contribution in [0.4, 0.5) is 0 Å². The van der Waals surface area contributed by atoms with E-state index >= 15 is 0 Å². The van der Waals surface area contributed by atoms with Gasteiger partial charge in [0.2, 0.25) is 11.8 Å². The molecule has 1 unspecified atom stereocenters. The molecule has 0 fully saturated rings. The van der Waals surface area contributed by atoms with Crippen LogP contribution >= 0.6 is 27.7 Å². The number of rotatable bonds is 8. The molecular weight excluding hydrogens is 472 g/mol. The predicted molar refractivity (Wildman–Crippen MR) is 134 cm³/mol. The highest BCUT2D eigenvalue weighted by Crippen LogP contribution is 2.19. The second-order valence-corrected chi connectivity index (χ2v) is 11.0. The minimum Gasteiger partial charge on any atom is -0.350 e. The summed E-state index contributed by atoms with van der Waals surface area (Å²) in [5.74, 6) is 0.922. The summed E-state index contributed by atoms with van der Waals surface area (Å²) in [4.78, 5) is 27.6. The van der Waals surface area contributed by atoms with Crippen molar-refractivity contribution < 1.29 is 9.59 Å². The number of aryl methyl sites for hydroxylation is 2. The minimum absolute atomic E-state index is 0.0335. The summed E-state index contributed by atoms with van der Waals surface area (Å²) in [7, 11) is 0. The van der Waals surface area contributed by atoms with E-state index in [4.69, 9.17) is 0 Å². The second kappa shape index (κ2) is 11.2. The lowest BCUT2D eigenvalue weighted by Crippen LogP contribution is -2.52. The maximum absolute atomic E-state index is 13.2. The van der Waals surface area contributed by atoms with E-state index in [1.54, 1.807) is 23.6 Å². The monoisotopic (exact) mass is 504 g/mol. The van der Waals surface area contributed by atoms with Gasteiger partial charge in [-0.15, -0.1) is 11.8 Å². The molecule has 0 heterocycles. The summed E-state index contributed by atoms with van der Waals surface area (Å²) in [6, 6.07) is 13.8. The van der Waals surface area contributed by atoms with Gasteiger partial charge in [0, 0.05) is 22.3 Å². The molecule has 0 spiro atoms. The van der Waals surface area contributed by atoms with Gasteiger partial charge in [0.1, 0.15) is 6.04 Å². The van der Waals surface area contributed by atoms with Crippen LogP contribution in [0.2, 0.25) is 0 Å². The molecule has 2 aromatic carbocycles. The van der Waals surface area contributed by atoms with Crippen LogP contribution in [-0.4, -0.2) is 34.0 Å². The van der Waals surface area contributed by atoms with Gasteiger partial charge in [-0.05, 0) is 64.8 Å². The number of hydrogen-bond acceptors (Lipinski definition) is 3. The second-order valence-electron chi connectivity index (χ2n) is 9.05. The molecule has 0 bridgehead atoms. The van der Waals surface area contributed by atoms with E-state index in [0.29, 0.717) is 12.3 Å². The van der Waals surface area contributed by atoms with E-state index < -0.39 is 6.04 Å². The zero-order valence-electron chi connectivity index (χ0n) is 19.3. The third kappa shape index (κ3) is 8.69. The first kappa shape index (κ1) is 25.5. The van der Waals surface area contributed by atoms with Crippen LogP contribution in [0.1, 0.15) is 49.9 Å². The van der Waals surface area contributed by atoms with Crippen molar-refractivity contribution in [1.82, 2.24) is 10.2 Å². The van der Waals surface area contributed by atoms with Crippen LogP contribution in [0.3, 0.4) is 0 Å². The molecule has 31 heavy (non-hydrogen) atoms. The number of benzene rings is 2. The number of amides is 2. The van der Waals surface area contributed by atoms with E-state index in [9.17, 15) is 9.59 Å².